The number of hydrogen-bond donors (Lipinski definition) is 2. The van der Waals surface area contributed by atoms with Gasteiger partial charge in [-0.1, -0.05) is 45.9 Å². The van der Waals surface area contributed by atoms with Crippen molar-refractivity contribution in [3.05, 3.63) is 65.9 Å². The second-order valence-electron chi connectivity index (χ2n) is 9.49. The first kappa shape index (κ1) is 25.8. The van der Waals surface area contributed by atoms with E-state index in [1.165, 1.54) is 4.90 Å². The van der Waals surface area contributed by atoms with Crippen molar-refractivity contribution in [2.75, 3.05) is 30.8 Å². The van der Waals surface area contributed by atoms with Crippen LogP contribution in [-0.4, -0.2) is 46.8 Å². The number of aromatic nitrogens is 2. The van der Waals surface area contributed by atoms with Gasteiger partial charge < -0.3 is 20.3 Å². The highest BCUT2D eigenvalue weighted by atomic mass is 16.5. The summed E-state index contributed by atoms with van der Waals surface area (Å²) in [6.45, 7) is 10.6. The van der Waals surface area contributed by atoms with Crippen molar-refractivity contribution in [1.29, 1.82) is 0 Å². The van der Waals surface area contributed by atoms with Crippen molar-refractivity contribution in [1.82, 2.24) is 14.7 Å². The number of nitrogens with one attached hydrogen (secondary N) is 2. The predicted octanol–water partition coefficient (Wildman–Crippen LogP) is 5.37. The number of methoxy groups -OCH3 is 1. The number of anilines is 2. The third kappa shape index (κ3) is 6.62. The molecule has 1 aromatic heterocycles. The zero-order chi connectivity index (χ0) is 25.6. The number of urea groups is 1. The first-order valence-corrected chi connectivity index (χ1v) is 11.8. The molecule has 186 valence electrons. The summed E-state index contributed by atoms with van der Waals surface area (Å²) < 4.78 is 6.92. The highest BCUT2D eigenvalue weighted by Gasteiger charge is 2.23. The Balaban J connectivity index is 1.78. The van der Waals surface area contributed by atoms with Gasteiger partial charge in [-0.25, -0.2) is 9.48 Å². The van der Waals surface area contributed by atoms with E-state index in [4.69, 9.17) is 9.84 Å². The SMILES string of the molecule is CCCN(CC(=O)Nc1cc(C(C)(C)C)nn1-c1ccccc1C)C(=O)Nc1ccc(OC)cc1. The molecule has 8 nitrogen and oxygen atoms in total. The molecule has 3 rings (SSSR count). The molecule has 0 bridgehead atoms. The van der Waals surface area contributed by atoms with Crippen molar-refractivity contribution in [2.24, 2.45) is 0 Å². The van der Waals surface area contributed by atoms with Crippen LogP contribution in [0, 0.1) is 6.92 Å². The summed E-state index contributed by atoms with van der Waals surface area (Å²) in [7, 11) is 1.59. The van der Waals surface area contributed by atoms with Crippen LogP contribution in [0.3, 0.4) is 0 Å². The van der Waals surface area contributed by atoms with E-state index in [2.05, 4.69) is 31.4 Å². The van der Waals surface area contributed by atoms with Gasteiger partial charge in [-0.15, -0.1) is 0 Å². The standard InChI is InChI=1S/C27H35N5O3/c1-7-16-31(26(34)28-20-12-14-21(35-6)15-13-20)18-25(33)29-24-17-23(27(3,4)5)30-32(24)22-11-9-8-10-19(22)2/h8-15,17H,7,16,18H2,1-6H3,(H,28,34)(H,29,33). The van der Waals surface area contributed by atoms with Crippen LogP contribution in [0.15, 0.2) is 54.6 Å². The number of para-hydroxylation sites is 1. The number of benzene rings is 2. The first-order valence-electron chi connectivity index (χ1n) is 11.8. The molecule has 0 atom stereocenters. The molecule has 35 heavy (non-hydrogen) atoms. The summed E-state index contributed by atoms with van der Waals surface area (Å²) in [6.07, 6.45) is 0.721. The van der Waals surface area contributed by atoms with Crippen molar-refractivity contribution in [3.8, 4) is 11.4 Å². The highest BCUT2D eigenvalue weighted by molar-refractivity contribution is 5.96. The minimum atomic E-state index is -0.338. The van der Waals surface area contributed by atoms with Crippen LogP contribution in [0.2, 0.25) is 0 Å². The minimum absolute atomic E-state index is 0.0837. The Morgan fingerprint density at radius 3 is 2.34 bits per heavy atom. The van der Waals surface area contributed by atoms with Gasteiger partial charge in [0.15, 0.2) is 0 Å². The van der Waals surface area contributed by atoms with Gasteiger partial charge in [0.05, 0.1) is 18.5 Å². The van der Waals surface area contributed by atoms with Gasteiger partial charge in [0.2, 0.25) is 5.91 Å². The Morgan fingerprint density at radius 2 is 1.74 bits per heavy atom. The number of hydrogen-bond acceptors (Lipinski definition) is 4. The van der Waals surface area contributed by atoms with Gasteiger partial charge in [-0.3, -0.25) is 4.79 Å². The molecular formula is C27H35N5O3. The van der Waals surface area contributed by atoms with Gasteiger partial charge in [0, 0.05) is 23.7 Å². The molecule has 0 unspecified atom stereocenters. The van der Waals surface area contributed by atoms with Crippen LogP contribution in [0.1, 0.15) is 45.4 Å². The average Bonchev–Trinajstić information content (AvgIpc) is 3.23. The van der Waals surface area contributed by atoms with Crippen molar-refractivity contribution in [3.63, 3.8) is 0 Å². The Kier molecular flexibility index (Phi) is 8.17. The van der Waals surface area contributed by atoms with Gasteiger partial charge in [-0.2, -0.15) is 5.10 Å². The zero-order valence-corrected chi connectivity index (χ0v) is 21.4. The molecule has 0 aliphatic carbocycles. The molecule has 2 N–H and O–H groups in total. The molecule has 0 saturated carbocycles. The lowest BCUT2D eigenvalue weighted by molar-refractivity contribution is -0.116. The Bertz CT molecular complexity index is 1160. The lowest BCUT2D eigenvalue weighted by Crippen LogP contribution is -2.41. The number of ether oxygens (including phenoxy) is 1. The lowest BCUT2D eigenvalue weighted by atomic mass is 9.92. The molecular weight excluding hydrogens is 442 g/mol. The van der Waals surface area contributed by atoms with E-state index in [1.807, 2.05) is 44.2 Å². The summed E-state index contributed by atoms with van der Waals surface area (Å²) in [4.78, 5) is 27.5. The van der Waals surface area contributed by atoms with Gasteiger partial charge in [0.1, 0.15) is 18.1 Å². The maximum atomic E-state index is 13.1. The van der Waals surface area contributed by atoms with E-state index >= 15 is 0 Å². The average molecular weight is 478 g/mol. The predicted molar refractivity (Wildman–Crippen MR) is 140 cm³/mol. The third-order valence-electron chi connectivity index (χ3n) is 5.55. The fourth-order valence-electron chi connectivity index (χ4n) is 3.58. The summed E-state index contributed by atoms with van der Waals surface area (Å²) in [5.41, 5.74) is 3.22. The van der Waals surface area contributed by atoms with E-state index < -0.39 is 0 Å². The van der Waals surface area contributed by atoms with E-state index in [9.17, 15) is 9.59 Å². The van der Waals surface area contributed by atoms with Crippen molar-refractivity contribution < 1.29 is 14.3 Å². The van der Waals surface area contributed by atoms with Crippen LogP contribution in [0.25, 0.3) is 5.69 Å². The first-order chi connectivity index (χ1) is 16.6. The normalized spacial score (nSPS) is 11.1. The summed E-state index contributed by atoms with van der Waals surface area (Å²) in [6, 6.07) is 16.5. The van der Waals surface area contributed by atoms with Gasteiger partial charge in [-0.05, 0) is 49.2 Å². The number of aryl methyl sites for hydroxylation is 1. The zero-order valence-electron chi connectivity index (χ0n) is 21.4. The van der Waals surface area contributed by atoms with Crippen molar-refractivity contribution >= 4 is 23.4 Å². The van der Waals surface area contributed by atoms with Gasteiger partial charge in [0.25, 0.3) is 0 Å². The van der Waals surface area contributed by atoms with Crippen LogP contribution in [0.5, 0.6) is 5.75 Å². The number of nitrogens with zero attached hydrogens (tertiary/aromatic N) is 3. The van der Waals surface area contributed by atoms with Crippen LogP contribution in [-0.2, 0) is 10.2 Å². The quantitative estimate of drug-likeness (QED) is 0.457. The number of carbonyl (C=O) groups excluding carboxylic acids is 2. The number of amides is 3. The smallest absolute Gasteiger partial charge is 0.322 e. The summed E-state index contributed by atoms with van der Waals surface area (Å²) >= 11 is 0. The number of carbonyl (C=O) groups is 2. The molecule has 8 heteroatoms. The van der Waals surface area contributed by atoms with E-state index in [0.29, 0.717) is 23.8 Å². The number of rotatable bonds is 8. The topological polar surface area (TPSA) is 88.5 Å². The van der Waals surface area contributed by atoms with E-state index in [1.54, 1.807) is 36.1 Å². The van der Waals surface area contributed by atoms with E-state index in [-0.39, 0.29) is 23.9 Å². The molecule has 0 fully saturated rings. The highest BCUT2D eigenvalue weighted by Crippen LogP contribution is 2.27. The van der Waals surface area contributed by atoms with Crippen LogP contribution >= 0.6 is 0 Å². The fraction of sp³-hybridized carbons (Fsp3) is 0.370. The van der Waals surface area contributed by atoms with Crippen molar-refractivity contribution in [2.45, 2.75) is 46.5 Å². The second kappa shape index (κ2) is 11.1. The largest absolute Gasteiger partial charge is 0.497 e. The van der Waals surface area contributed by atoms with Gasteiger partial charge >= 0.3 is 6.03 Å². The minimum Gasteiger partial charge on any atom is -0.497 e. The molecule has 0 radical (unpaired) electrons. The molecule has 2 aromatic carbocycles. The van der Waals surface area contributed by atoms with Crippen LogP contribution < -0.4 is 15.4 Å². The summed E-state index contributed by atoms with van der Waals surface area (Å²) in [5, 5.41) is 10.6. The lowest BCUT2D eigenvalue weighted by Gasteiger charge is -2.22. The molecule has 0 aliphatic rings. The molecule has 3 amide bonds. The fourth-order valence-corrected chi connectivity index (χ4v) is 3.58. The molecule has 3 aromatic rings. The molecule has 0 saturated heterocycles. The van der Waals surface area contributed by atoms with E-state index in [0.717, 1.165) is 23.4 Å². The second-order valence-corrected chi connectivity index (χ2v) is 9.49. The molecule has 0 aliphatic heterocycles. The maximum absolute atomic E-state index is 13.1. The summed E-state index contributed by atoms with van der Waals surface area (Å²) in [5.74, 6) is 0.979. The monoisotopic (exact) mass is 477 g/mol. The Labute approximate surface area is 207 Å². The third-order valence-corrected chi connectivity index (χ3v) is 5.55. The molecule has 0 spiro atoms. The van der Waals surface area contributed by atoms with Crippen LogP contribution in [0.4, 0.5) is 16.3 Å². The maximum Gasteiger partial charge on any atom is 0.322 e. The Hall–Kier alpha value is -3.81. The Morgan fingerprint density at radius 1 is 1.06 bits per heavy atom. The molecule has 1 heterocycles.